The van der Waals surface area contributed by atoms with E-state index in [1.165, 1.54) is 83.1 Å². The molecule has 8 unspecified atom stereocenters. The summed E-state index contributed by atoms with van der Waals surface area (Å²) in [7, 11) is -5.12. The van der Waals surface area contributed by atoms with Crippen molar-refractivity contribution in [3.8, 4) is 0 Å². The molecule has 13 nitrogen and oxygen atoms in total. The standard InChI is InChI=1S/C45H81NO12S/c1-3-5-7-9-11-13-15-17-19-20-22-23-25-27-29-31-33-38(48)37(36-56-45-42(51)43(58-59(53,54)55)41(50)40(35-47)57-45)46-44(52)39(49)34-32-30-28-26-24-21-18-16-14-12-10-8-6-4-2/h12,14,16,18,23,25,31,33,37-43,45,47-51H,3-11,13,15,17,19-22,24,26-30,32,34-36H2,1-2H3,(H,46,52)(H,53,54,55)/b14-12-,18-16-,25-23+,33-31+. The van der Waals surface area contributed by atoms with Gasteiger partial charge in [0.15, 0.2) is 6.29 Å². The van der Waals surface area contributed by atoms with Crippen molar-refractivity contribution < 1.29 is 57.0 Å². The van der Waals surface area contributed by atoms with Crippen LogP contribution in [0.4, 0.5) is 0 Å². The van der Waals surface area contributed by atoms with Crippen LogP contribution in [0.2, 0.25) is 0 Å². The molecule has 14 heteroatoms. The third-order valence-electron chi connectivity index (χ3n) is 10.5. The first-order valence-electron chi connectivity index (χ1n) is 22.6. The predicted molar refractivity (Wildman–Crippen MR) is 233 cm³/mol. The van der Waals surface area contributed by atoms with Gasteiger partial charge in [0.1, 0.15) is 30.5 Å². The van der Waals surface area contributed by atoms with E-state index in [4.69, 9.17) is 9.47 Å². The topological polar surface area (TPSA) is 212 Å². The molecule has 1 aliphatic rings. The first-order valence-corrected chi connectivity index (χ1v) is 24.0. The number of hydrogen-bond acceptors (Lipinski definition) is 11. The number of amides is 1. The van der Waals surface area contributed by atoms with Crippen molar-refractivity contribution in [2.24, 2.45) is 0 Å². The zero-order valence-electron chi connectivity index (χ0n) is 36.2. The number of aliphatic hydroxyl groups is 5. The molecular formula is C45H81NO12S. The zero-order valence-corrected chi connectivity index (χ0v) is 37.0. The normalized spacial score (nSPS) is 21.9. The highest BCUT2D eigenvalue weighted by atomic mass is 32.3. The molecule has 59 heavy (non-hydrogen) atoms. The summed E-state index contributed by atoms with van der Waals surface area (Å²) in [6.07, 6.45) is 30.5. The van der Waals surface area contributed by atoms with Gasteiger partial charge in [0.05, 0.1) is 25.4 Å². The molecule has 0 aliphatic carbocycles. The molecule has 0 aromatic rings. The monoisotopic (exact) mass is 860 g/mol. The van der Waals surface area contributed by atoms with Crippen LogP contribution in [0.1, 0.15) is 168 Å². The van der Waals surface area contributed by atoms with Crippen LogP contribution in [-0.4, -0.2) is 107 Å². The number of ether oxygens (including phenoxy) is 2. The Morgan fingerprint density at radius 2 is 1.19 bits per heavy atom. The van der Waals surface area contributed by atoms with Gasteiger partial charge in [0.25, 0.3) is 0 Å². The average Bonchev–Trinajstić information content (AvgIpc) is 3.20. The van der Waals surface area contributed by atoms with Crippen molar-refractivity contribution in [3.05, 3.63) is 48.6 Å². The van der Waals surface area contributed by atoms with E-state index in [1.54, 1.807) is 6.08 Å². The molecule has 0 aromatic carbocycles. The van der Waals surface area contributed by atoms with Crippen molar-refractivity contribution in [1.82, 2.24) is 5.32 Å². The van der Waals surface area contributed by atoms with Gasteiger partial charge in [0.2, 0.25) is 5.91 Å². The van der Waals surface area contributed by atoms with Gasteiger partial charge in [-0.2, -0.15) is 8.42 Å². The van der Waals surface area contributed by atoms with Gasteiger partial charge >= 0.3 is 10.4 Å². The van der Waals surface area contributed by atoms with Crippen molar-refractivity contribution in [2.75, 3.05) is 13.2 Å². The van der Waals surface area contributed by atoms with E-state index in [0.717, 1.165) is 57.8 Å². The molecule has 1 amide bonds. The highest BCUT2D eigenvalue weighted by Crippen LogP contribution is 2.26. The van der Waals surface area contributed by atoms with Crippen LogP contribution in [0.5, 0.6) is 0 Å². The number of unbranched alkanes of at least 4 members (excludes halogenated alkanes) is 19. The molecule has 0 aromatic heterocycles. The average molecular weight is 860 g/mol. The minimum Gasteiger partial charge on any atom is -0.394 e. The Morgan fingerprint density at radius 1 is 0.695 bits per heavy atom. The molecule has 7 N–H and O–H groups in total. The summed E-state index contributed by atoms with van der Waals surface area (Å²) in [5, 5.41) is 55.1. The van der Waals surface area contributed by atoms with Gasteiger partial charge in [-0.15, -0.1) is 0 Å². The van der Waals surface area contributed by atoms with Gasteiger partial charge in [-0.25, -0.2) is 4.18 Å². The maximum Gasteiger partial charge on any atom is 0.397 e. The third kappa shape index (κ3) is 28.3. The molecule has 8 atom stereocenters. The van der Waals surface area contributed by atoms with Crippen molar-refractivity contribution in [2.45, 2.75) is 217 Å². The number of hydrogen-bond donors (Lipinski definition) is 7. The minimum atomic E-state index is -5.12. The van der Waals surface area contributed by atoms with Crippen LogP contribution >= 0.6 is 0 Å². The van der Waals surface area contributed by atoms with E-state index < -0.39 is 78.5 Å². The smallest absolute Gasteiger partial charge is 0.394 e. The first kappa shape index (κ1) is 55.0. The second-order valence-corrected chi connectivity index (χ2v) is 16.8. The number of carbonyl (C=O) groups excluding carboxylic acids is 1. The zero-order chi connectivity index (χ0) is 43.6. The Labute approximate surface area is 356 Å². The molecule has 1 saturated heterocycles. The lowest BCUT2D eigenvalue weighted by Crippen LogP contribution is -2.61. The summed E-state index contributed by atoms with van der Waals surface area (Å²) in [5.41, 5.74) is 0. The number of aliphatic hydroxyl groups excluding tert-OH is 5. The molecule has 0 radical (unpaired) electrons. The molecule has 1 fully saturated rings. The lowest BCUT2D eigenvalue weighted by Gasteiger charge is -2.41. The molecule has 0 spiro atoms. The van der Waals surface area contributed by atoms with E-state index >= 15 is 0 Å². The fraction of sp³-hybridized carbons (Fsp3) is 0.800. The summed E-state index contributed by atoms with van der Waals surface area (Å²) >= 11 is 0. The van der Waals surface area contributed by atoms with Gasteiger partial charge in [-0.05, 0) is 57.8 Å². The van der Waals surface area contributed by atoms with Crippen LogP contribution in [-0.2, 0) is 28.9 Å². The Kier molecular flexibility index (Phi) is 33.2. The van der Waals surface area contributed by atoms with E-state index in [2.05, 4.69) is 59.8 Å². The Hall–Kier alpha value is -1.98. The van der Waals surface area contributed by atoms with Crippen molar-refractivity contribution in [3.63, 3.8) is 0 Å². The highest BCUT2D eigenvalue weighted by Gasteiger charge is 2.48. The Balaban J connectivity index is 2.66. The lowest BCUT2D eigenvalue weighted by molar-refractivity contribution is -0.298. The second-order valence-electron chi connectivity index (χ2n) is 15.8. The fourth-order valence-corrected chi connectivity index (χ4v) is 7.33. The summed E-state index contributed by atoms with van der Waals surface area (Å²) in [5.74, 6) is -0.727. The van der Waals surface area contributed by atoms with Crippen LogP contribution in [0.15, 0.2) is 48.6 Å². The van der Waals surface area contributed by atoms with Gasteiger partial charge in [-0.1, -0.05) is 159 Å². The minimum absolute atomic E-state index is 0.217. The summed E-state index contributed by atoms with van der Waals surface area (Å²) < 4.78 is 47.4. The van der Waals surface area contributed by atoms with Crippen molar-refractivity contribution >= 4 is 16.3 Å². The van der Waals surface area contributed by atoms with E-state index in [-0.39, 0.29) is 6.42 Å². The molecule has 1 heterocycles. The third-order valence-corrected chi connectivity index (χ3v) is 10.9. The molecule has 0 bridgehead atoms. The van der Waals surface area contributed by atoms with Crippen LogP contribution in [0.3, 0.4) is 0 Å². The van der Waals surface area contributed by atoms with E-state index in [0.29, 0.717) is 12.8 Å². The van der Waals surface area contributed by atoms with E-state index in [9.17, 15) is 43.3 Å². The van der Waals surface area contributed by atoms with Crippen LogP contribution in [0, 0.1) is 0 Å². The maximum atomic E-state index is 13.1. The second kappa shape index (κ2) is 35.6. The van der Waals surface area contributed by atoms with E-state index in [1.807, 2.05) is 0 Å². The fourth-order valence-electron chi connectivity index (χ4n) is 6.82. The summed E-state index contributed by atoms with van der Waals surface area (Å²) in [4.78, 5) is 13.1. The van der Waals surface area contributed by atoms with Crippen molar-refractivity contribution in [1.29, 1.82) is 0 Å². The maximum absolute atomic E-state index is 13.1. The Morgan fingerprint density at radius 3 is 1.76 bits per heavy atom. The molecule has 344 valence electrons. The van der Waals surface area contributed by atoms with Gasteiger partial charge < -0.3 is 40.3 Å². The number of carbonyl (C=O) groups is 1. The quantitative estimate of drug-likeness (QED) is 0.0140. The SMILES string of the molecule is CCCCC/C=C\C=C/CCCCCCCC(O)C(=O)NC(COC1OC(CO)C(O)C(OS(=O)(=O)O)C1O)C(O)/C=C/CC/C=C/CCCCCCCCCCCC. The number of nitrogens with one attached hydrogen (secondary N) is 1. The highest BCUT2D eigenvalue weighted by molar-refractivity contribution is 7.80. The van der Waals surface area contributed by atoms with Crippen LogP contribution < -0.4 is 5.32 Å². The molecule has 1 rings (SSSR count). The first-order chi connectivity index (χ1) is 28.4. The van der Waals surface area contributed by atoms with Gasteiger partial charge in [-0.3, -0.25) is 9.35 Å². The summed E-state index contributed by atoms with van der Waals surface area (Å²) in [6.45, 7) is 3.14. The lowest BCUT2D eigenvalue weighted by atomic mass is 9.99. The molecule has 0 saturated carbocycles. The number of allylic oxidation sites excluding steroid dienone is 7. The number of rotatable bonds is 37. The predicted octanol–water partition coefficient (Wildman–Crippen LogP) is 7.46. The Bertz CT molecular complexity index is 1260. The van der Waals surface area contributed by atoms with Gasteiger partial charge in [0, 0.05) is 0 Å². The molecular weight excluding hydrogens is 779 g/mol. The molecule has 1 aliphatic heterocycles. The largest absolute Gasteiger partial charge is 0.397 e. The summed E-state index contributed by atoms with van der Waals surface area (Å²) in [6, 6.07) is -1.14. The van der Waals surface area contributed by atoms with Crippen LogP contribution in [0.25, 0.3) is 0 Å².